The molecule has 1 atom stereocenters. The van der Waals surface area contributed by atoms with E-state index in [1.165, 1.54) is 6.42 Å². The Morgan fingerprint density at radius 1 is 1.29 bits per heavy atom. The molecule has 4 nitrogen and oxygen atoms in total. The fourth-order valence-corrected chi connectivity index (χ4v) is 1.62. The van der Waals surface area contributed by atoms with Crippen molar-refractivity contribution in [2.45, 2.75) is 40.0 Å². The summed E-state index contributed by atoms with van der Waals surface area (Å²) in [6.07, 6.45) is 1.17. The molecule has 1 heterocycles. The molecule has 0 aromatic carbocycles. The maximum Gasteiger partial charge on any atom is 0.135 e. The summed E-state index contributed by atoms with van der Waals surface area (Å²) < 4.78 is 0. The molecule has 96 valence electrons. The molecule has 0 bridgehead atoms. The van der Waals surface area contributed by atoms with Crippen molar-refractivity contribution >= 4 is 11.6 Å². The first-order chi connectivity index (χ1) is 7.93. The summed E-state index contributed by atoms with van der Waals surface area (Å²) >= 11 is 0. The van der Waals surface area contributed by atoms with Gasteiger partial charge in [-0.2, -0.15) is 0 Å². The number of nitrogens with two attached hydrogens (primary N) is 1. The van der Waals surface area contributed by atoms with Crippen molar-refractivity contribution in [1.29, 1.82) is 0 Å². The first-order valence-corrected chi connectivity index (χ1v) is 6.29. The standard InChI is InChI=1S/C13H24N4/c1-6-10(4)8-17(5)12-7-11(14)15-13(16-12)9(2)3/h7,9-10H,6,8H2,1-5H3,(H2,14,15,16). The van der Waals surface area contributed by atoms with Crippen LogP contribution in [0.5, 0.6) is 0 Å². The summed E-state index contributed by atoms with van der Waals surface area (Å²) in [5, 5.41) is 0. The van der Waals surface area contributed by atoms with E-state index in [9.17, 15) is 0 Å². The van der Waals surface area contributed by atoms with Gasteiger partial charge in [0.15, 0.2) is 0 Å². The number of aromatic nitrogens is 2. The van der Waals surface area contributed by atoms with Crippen molar-refractivity contribution in [2.75, 3.05) is 24.2 Å². The minimum absolute atomic E-state index is 0.300. The van der Waals surface area contributed by atoms with Crippen LogP contribution in [0.1, 0.15) is 45.9 Å². The zero-order valence-electron chi connectivity index (χ0n) is 11.6. The quantitative estimate of drug-likeness (QED) is 0.854. The molecule has 1 aromatic heterocycles. The maximum atomic E-state index is 5.82. The number of nitrogens with zero attached hydrogens (tertiary/aromatic N) is 3. The Bertz CT molecular complexity index is 362. The Labute approximate surface area is 104 Å². The zero-order chi connectivity index (χ0) is 13.0. The molecule has 4 heteroatoms. The zero-order valence-corrected chi connectivity index (χ0v) is 11.6. The van der Waals surface area contributed by atoms with Gasteiger partial charge >= 0.3 is 0 Å². The van der Waals surface area contributed by atoms with Crippen molar-refractivity contribution in [2.24, 2.45) is 5.92 Å². The van der Waals surface area contributed by atoms with Crippen molar-refractivity contribution in [3.63, 3.8) is 0 Å². The van der Waals surface area contributed by atoms with E-state index in [2.05, 4.69) is 49.6 Å². The van der Waals surface area contributed by atoms with E-state index in [1.807, 2.05) is 6.07 Å². The predicted octanol–water partition coefficient (Wildman–Crippen LogP) is 2.66. The highest BCUT2D eigenvalue weighted by atomic mass is 15.2. The lowest BCUT2D eigenvalue weighted by Crippen LogP contribution is -2.25. The first-order valence-electron chi connectivity index (χ1n) is 6.29. The highest BCUT2D eigenvalue weighted by Crippen LogP contribution is 2.18. The third-order valence-corrected chi connectivity index (χ3v) is 2.94. The van der Waals surface area contributed by atoms with Crippen LogP contribution in [0.3, 0.4) is 0 Å². The van der Waals surface area contributed by atoms with Gasteiger partial charge in [0.1, 0.15) is 17.5 Å². The fourth-order valence-electron chi connectivity index (χ4n) is 1.62. The third kappa shape index (κ3) is 3.88. The molecule has 1 unspecified atom stereocenters. The lowest BCUT2D eigenvalue weighted by atomic mass is 10.1. The van der Waals surface area contributed by atoms with Crippen LogP contribution in [0.15, 0.2) is 6.07 Å². The summed E-state index contributed by atoms with van der Waals surface area (Å²) in [6, 6.07) is 1.84. The Morgan fingerprint density at radius 2 is 1.94 bits per heavy atom. The molecule has 0 spiro atoms. The van der Waals surface area contributed by atoms with Gasteiger partial charge in [0, 0.05) is 25.6 Å². The minimum atomic E-state index is 0.300. The van der Waals surface area contributed by atoms with E-state index in [-0.39, 0.29) is 0 Å². The number of rotatable bonds is 5. The van der Waals surface area contributed by atoms with E-state index in [0.29, 0.717) is 17.7 Å². The molecular weight excluding hydrogens is 212 g/mol. The fraction of sp³-hybridized carbons (Fsp3) is 0.692. The molecule has 1 rings (SSSR count). The minimum Gasteiger partial charge on any atom is -0.384 e. The smallest absolute Gasteiger partial charge is 0.135 e. The van der Waals surface area contributed by atoms with E-state index in [4.69, 9.17) is 5.73 Å². The molecule has 1 aromatic rings. The summed E-state index contributed by atoms with van der Waals surface area (Å²) in [7, 11) is 2.05. The van der Waals surface area contributed by atoms with Crippen molar-refractivity contribution < 1.29 is 0 Å². The van der Waals surface area contributed by atoms with Gasteiger partial charge < -0.3 is 10.6 Å². The maximum absolute atomic E-state index is 5.82. The number of hydrogen-bond donors (Lipinski definition) is 1. The lowest BCUT2D eigenvalue weighted by Gasteiger charge is -2.22. The Balaban J connectivity index is 2.89. The van der Waals surface area contributed by atoms with Crippen LogP contribution < -0.4 is 10.6 Å². The van der Waals surface area contributed by atoms with Crippen LogP contribution in [0.25, 0.3) is 0 Å². The van der Waals surface area contributed by atoms with Gasteiger partial charge in [0.05, 0.1) is 0 Å². The molecule has 0 saturated heterocycles. The Morgan fingerprint density at radius 3 is 2.47 bits per heavy atom. The first kappa shape index (κ1) is 13.7. The monoisotopic (exact) mass is 236 g/mol. The molecule has 0 aliphatic rings. The van der Waals surface area contributed by atoms with Gasteiger partial charge in [-0.25, -0.2) is 9.97 Å². The molecule has 2 N–H and O–H groups in total. The second-order valence-electron chi connectivity index (χ2n) is 5.06. The van der Waals surface area contributed by atoms with Crippen LogP contribution in [0.4, 0.5) is 11.6 Å². The lowest BCUT2D eigenvalue weighted by molar-refractivity contribution is 0.556. The van der Waals surface area contributed by atoms with Crippen LogP contribution in [0.2, 0.25) is 0 Å². The summed E-state index contributed by atoms with van der Waals surface area (Å²) in [6.45, 7) is 9.59. The highest BCUT2D eigenvalue weighted by Gasteiger charge is 2.11. The van der Waals surface area contributed by atoms with Crippen LogP contribution in [-0.2, 0) is 0 Å². The van der Waals surface area contributed by atoms with Gasteiger partial charge in [-0.05, 0) is 5.92 Å². The van der Waals surface area contributed by atoms with Gasteiger partial charge in [-0.15, -0.1) is 0 Å². The second kappa shape index (κ2) is 5.84. The van der Waals surface area contributed by atoms with Gasteiger partial charge in [0.2, 0.25) is 0 Å². The average molecular weight is 236 g/mol. The molecule has 0 aliphatic heterocycles. The topological polar surface area (TPSA) is 55.0 Å². The number of anilines is 2. The van der Waals surface area contributed by atoms with Crippen molar-refractivity contribution in [3.8, 4) is 0 Å². The highest BCUT2D eigenvalue weighted by molar-refractivity contribution is 5.46. The van der Waals surface area contributed by atoms with E-state index >= 15 is 0 Å². The SMILES string of the molecule is CCC(C)CN(C)c1cc(N)nc(C(C)C)n1. The molecule has 0 aliphatic carbocycles. The van der Waals surface area contributed by atoms with E-state index in [1.54, 1.807) is 0 Å². The van der Waals surface area contributed by atoms with Gasteiger partial charge in [0.25, 0.3) is 0 Å². The number of hydrogen-bond acceptors (Lipinski definition) is 4. The largest absolute Gasteiger partial charge is 0.384 e. The molecule has 17 heavy (non-hydrogen) atoms. The Hall–Kier alpha value is -1.32. The average Bonchev–Trinajstić information content (AvgIpc) is 2.27. The van der Waals surface area contributed by atoms with E-state index < -0.39 is 0 Å². The van der Waals surface area contributed by atoms with Crippen LogP contribution in [-0.4, -0.2) is 23.6 Å². The molecule has 0 fully saturated rings. The molecule has 0 radical (unpaired) electrons. The normalized spacial score (nSPS) is 12.8. The summed E-state index contributed by atoms with van der Waals surface area (Å²) in [4.78, 5) is 11.0. The van der Waals surface area contributed by atoms with Crippen LogP contribution >= 0.6 is 0 Å². The van der Waals surface area contributed by atoms with Gasteiger partial charge in [-0.3, -0.25) is 0 Å². The Kier molecular flexibility index (Phi) is 4.73. The predicted molar refractivity (Wildman–Crippen MR) is 73.3 cm³/mol. The second-order valence-corrected chi connectivity index (χ2v) is 5.06. The molecular formula is C13H24N4. The van der Waals surface area contributed by atoms with Crippen molar-refractivity contribution in [1.82, 2.24) is 9.97 Å². The third-order valence-electron chi connectivity index (χ3n) is 2.94. The number of nitrogen functional groups attached to an aromatic ring is 1. The van der Waals surface area contributed by atoms with Gasteiger partial charge in [-0.1, -0.05) is 34.1 Å². The summed E-state index contributed by atoms with van der Waals surface area (Å²) in [5.74, 6) is 3.24. The summed E-state index contributed by atoms with van der Waals surface area (Å²) in [5.41, 5.74) is 5.82. The molecule has 0 saturated carbocycles. The van der Waals surface area contributed by atoms with Crippen LogP contribution in [0, 0.1) is 5.92 Å². The van der Waals surface area contributed by atoms with E-state index in [0.717, 1.165) is 18.2 Å². The van der Waals surface area contributed by atoms with Crippen molar-refractivity contribution in [3.05, 3.63) is 11.9 Å². The molecule has 0 amide bonds.